The Morgan fingerprint density at radius 2 is 1.92 bits per heavy atom. The van der Waals surface area contributed by atoms with Crippen LogP contribution in [0.2, 0.25) is 0 Å². The molecule has 3 aromatic heterocycles. The summed E-state index contributed by atoms with van der Waals surface area (Å²) in [7, 11) is 0. The first-order valence-corrected chi connectivity index (χ1v) is 7.91. The van der Waals surface area contributed by atoms with Crippen molar-refractivity contribution in [2.24, 2.45) is 0 Å². The van der Waals surface area contributed by atoms with Gasteiger partial charge in [-0.05, 0) is 0 Å². The maximum Gasteiger partial charge on any atom is 0.219 e. The van der Waals surface area contributed by atoms with Gasteiger partial charge < -0.3 is 15.4 Å². The fraction of sp³-hybridized carbons (Fsp3) is 0.400. The summed E-state index contributed by atoms with van der Waals surface area (Å²) in [6, 6.07) is 0. The summed E-state index contributed by atoms with van der Waals surface area (Å²) in [5, 5.41) is 4.53. The zero-order valence-electron chi connectivity index (χ0n) is 13.4. The van der Waals surface area contributed by atoms with Crippen LogP contribution >= 0.6 is 0 Å². The van der Waals surface area contributed by atoms with E-state index < -0.39 is 0 Å². The number of nitrogens with two attached hydrogens (primary N) is 1. The van der Waals surface area contributed by atoms with Crippen molar-refractivity contribution < 1.29 is 4.74 Å². The second-order valence-corrected chi connectivity index (χ2v) is 5.53. The first kappa shape index (κ1) is 14.8. The second kappa shape index (κ2) is 6.00. The van der Waals surface area contributed by atoms with Crippen LogP contribution in [0.5, 0.6) is 0 Å². The maximum absolute atomic E-state index is 5.57. The van der Waals surface area contributed by atoms with Crippen molar-refractivity contribution in [1.29, 1.82) is 0 Å². The Kier molecular flexibility index (Phi) is 3.69. The highest BCUT2D eigenvalue weighted by Gasteiger charge is 2.20. The predicted octanol–water partition coefficient (Wildman–Crippen LogP) is 0.562. The Balaban J connectivity index is 1.87. The molecule has 0 bridgehead atoms. The van der Waals surface area contributed by atoms with Crippen LogP contribution in [0.15, 0.2) is 18.6 Å². The van der Waals surface area contributed by atoms with Crippen LogP contribution < -0.4 is 10.6 Å². The van der Waals surface area contributed by atoms with Crippen molar-refractivity contribution >= 4 is 17.4 Å². The Hall–Kier alpha value is -2.81. The Morgan fingerprint density at radius 3 is 2.62 bits per heavy atom. The topological polar surface area (TPSA) is 107 Å². The second-order valence-electron chi connectivity index (χ2n) is 5.53. The van der Waals surface area contributed by atoms with E-state index in [2.05, 4.69) is 25.0 Å². The molecule has 24 heavy (non-hydrogen) atoms. The van der Waals surface area contributed by atoms with Gasteiger partial charge in [-0.25, -0.2) is 24.5 Å². The summed E-state index contributed by atoms with van der Waals surface area (Å²) < 4.78 is 7.22. The summed E-state index contributed by atoms with van der Waals surface area (Å²) in [4.78, 5) is 19.7. The van der Waals surface area contributed by atoms with Gasteiger partial charge in [0.05, 0.1) is 25.1 Å². The molecule has 1 aliphatic heterocycles. The lowest BCUT2D eigenvalue weighted by Crippen LogP contribution is -2.37. The van der Waals surface area contributed by atoms with Gasteiger partial charge in [0.15, 0.2) is 17.3 Å². The molecule has 9 heteroatoms. The highest BCUT2D eigenvalue weighted by molar-refractivity contribution is 5.69. The highest BCUT2D eigenvalue weighted by Crippen LogP contribution is 2.24. The number of aryl methyl sites for hydroxylation is 1. The van der Waals surface area contributed by atoms with Crippen LogP contribution in [0, 0.1) is 0 Å². The molecule has 124 valence electrons. The molecule has 0 atom stereocenters. The molecular weight excluding hydrogens is 308 g/mol. The number of nitrogens with zero attached hydrogens (tertiary/aromatic N) is 7. The van der Waals surface area contributed by atoms with E-state index in [9.17, 15) is 0 Å². The molecule has 0 aromatic carbocycles. The van der Waals surface area contributed by atoms with Gasteiger partial charge in [-0.1, -0.05) is 6.92 Å². The van der Waals surface area contributed by atoms with Gasteiger partial charge in [0.2, 0.25) is 5.95 Å². The van der Waals surface area contributed by atoms with Crippen molar-refractivity contribution in [3.63, 3.8) is 0 Å². The molecule has 0 unspecified atom stereocenters. The smallest absolute Gasteiger partial charge is 0.219 e. The average Bonchev–Trinajstić information content (AvgIpc) is 3.05. The maximum atomic E-state index is 5.57. The fourth-order valence-electron chi connectivity index (χ4n) is 2.67. The lowest BCUT2D eigenvalue weighted by Gasteiger charge is -2.28. The van der Waals surface area contributed by atoms with Crippen LogP contribution in [-0.4, -0.2) is 55.9 Å². The van der Waals surface area contributed by atoms with E-state index in [1.54, 1.807) is 16.9 Å². The number of morpholine rings is 1. The Morgan fingerprint density at radius 1 is 1.17 bits per heavy atom. The van der Waals surface area contributed by atoms with Crippen molar-refractivity contribution in [3.8, 4) is 11.3 Å². The minimum atomic E-state index is 0.238. The molecule has 0 amide bonds. The van der Waals surface area contributed by atoms with Crippen LogP contribution in [0.1, 0.15) is 12.7 Å². The van der Waals surface area contributed by atoms with Gasteiger partial charge in [0.1, 0.15) is 0 Å². The standard InChI is InChI=1S/C15H18N8O/c1-2-12-20-14-13(22-3-5-24-6-4-22)19-11(9-23(14)21-12)10-7-17-15(16)18-8-10/h7-9H,2-6H2,1H3,(H2,16,17,18). The fourth-order valence-corrected chi connectivity index (χ4v) is 2.67. The number of fused-ring (bicyclic) bond motifs is 1. The minimum Gasteiger partial charge on any atom is -0.378 e. The first-order chi connectivity index (χ1) is 11.7. The molecule has 2 N–H and O–H groups in total. The minimum absolute atomic E-state index is 0.238. The molecule has 0 aliphatic carbocycles. The highest BCUT2D eigenvalue weighted by atomic mass is 16.5. The monoisotopic (exact) mass is 326 g/mol. The number of anilines is 2. The third-order valence-electron chi connectivity index (χ3n) is 3.94. The Labute approximate surface area is 138 Å². The third-order valence-corrected chi connectivity index (χ3v) is 3.94. The Bertz CT molecular complexity index is 854. The van der Waals surface area contributed by atoms with Crippen LogP contribution in [0.25, 0.3) is 16.9 Å². The normalized spacial score (nSPS) is 15.1. The number of ether oxygens (including phenoxy) is 1. The van der Waals surface area contributed by atoms with Gasteiger partial charge >= 0.3 is 0 Å². The van der Waals surface area contributed by atoms with Crippen molar-refractivity contribution in [2.45, 2.75) is 13.3 Å². The van der Waals surface area contributed by atoms with Gasteiger partial charge in [-0.3, -0.25) is 0 Å². The zero-order valence-corrected chi connectivity index (χ0v) is 13.4. The number of aromatic nitrogens is 6. The molecule has 4 heterocycles. The van der Waals surface area contributed by atoms with Crippen LogP contribution in [0.3, 0.4) is 0 Å². The van der Waals surface area contributed by atoms with Crippen LogP contribution in [-0.2, 0) is 11.2 Å². The molecule has 9 nitrogen and oxygen atoms in total. The predicted molar refractivity (Wildman–Crippen MR) is 88.6 cm³/mol. The molecule has 4 rings (SSSR count). The van der Waals surface area contributed by atoms with E-state index in [1.807, 2.05) is 13.1 Å². The average molecular weight is 326 g/mol. The molecule has 1 aliphatic rings. The first-order valence-electron chi connectivity index (χ1n) is 7.91. The summed E-state index contributed by atoms with van der Waals surface area (Å²) >= 11 is 0. The quantitative estimate of drug-likeness (QED) is 0.744. The van der Waals surface area contributed by atoms with Crippen molar-refractivity contribution in [1.82, 2.24) is 29.5 Å². The van der Waals surface area contributed by atoms with Gasteiger partial charge in [0.25, 0.3) is 0 Å². The molecule has 3 aromatic rings. The lowest BCUT2D eigenvalue weighted by molar-refractivity contribution is 0.122. The molecule has 1 fully saturated rings. The molecule has 1 saturated heterocycles. The summed E-state index contributed by atoms with van der Waals surface area (Å²) in [6.45, 7) is 4.94. The van der Waals surface area contributed by atoms with E-state index in [0.717, 1.165) is 48.1 Å². The number of hydrogen-bond donors (Lipinski definition) is 1. The summed E-state index contributed by atoms with van der Waals surface area (Å²) in [5.41, 5.74) is 7.85. The molecule has 0 saturated carbocycles. The lowest BCUT2D eigenvalue weighted by atomic mass is 10.2. The van der Waals surface area contributed by atoms with E-state index in [-0.39, 0.29) is 5.95 Å². The van der Waals surface area contributed by atoms with E-state index >= 15 is 0 Å². The van der Waals surface area contributed by atoms with Gasteiger partial charge in [0, 0.05) is 37.5 Å². The summed E-state index contributed by atoms with van der Waals surface area (Å²) in [6.07, 6.45) is 5.94. The van der Waals surface area contributed by atoms with Gasteiger partial charge in [-0.15, -0.1) is 0 Å². The zero-order chi connectivity index (χ0) is 16.5. The summed E-state index contributed by atoms with van der Waals surface area (Å²) in [5.74, 6) is 1.83. The number of rotatable bonds is 3. The van der Waals surface area contributed by atoms with E-state index in [1.165, 1.54) is 0 Å². The SMILES string of the molecule is CCc1nc2c(N3CCOCC3)nc(-c3cnc(N)nc3)cn2n1. The van der Waals surface area contributed by atoms with E-state index in [0.29, 0.717) is 13.2 Å². The number of hydrogen-bond acceptors (Lipinski definition) is 8. The van der Waals surface area contributed by atoms with Gasteiger partial charge in [-0.2, -0.15) is 5.10 Å². The number of nitrogen functional groups attached to an aromatic ring is 1. The molecule has 0 radical (unpaired) electrons. The van der Waals surface area contributed by atoms with E-state index in [4.69, 9.17) is 15.5 Å². The van der Waals surface area contributed by atoms with Crippen molar-refractivity contribution in [3.05, 3.63) is 24.4 Å². The third kappa shape index (κ3) is 2.62. The largest absolute Gasteiger partial charge is 0.378 e. The van der Waals surface area contributed by atoms with Crippen molar-refractivity contribution in [2.75, 3.05) is 36.9 Å². The molecule has 0 spiro atoms. The van der Waals surface area contributed by atoms with Crippen LogP contribution in [0.4, 0.5) is 11.8 Å². The molecular formula is C15H18N8O.